The van der Waals surface area contributed by atoms with Crippen LogP contribution in [0.15, 0.2) is 17.0 Å². The van der Waals surface area contributed by atoms with Crippen molar-refractivity contribution in [1.29, 1.82) is 0 Å². The van der Waals surface area contributed by atoms with E-state index in [0.29, 0.717) is 6.54 Å². The monoisotopic (exact) mass is 399 g/mol. The molecule has 1 fully saturated rings. The van der Waals surface area contributed by atoms with Crippen molar-refractivity contribution in [2.75, 3.05) is 46.3 Å². The fourth-order valence-corrected chi connectivity index (χ4v) is 4.42. The third-order valence-electron chi connectivity index (χ3n) is 3.83. The van der Waals surface area contributed by atoms with E-state index in [4.69, 9.17) is 34.8 Å². The predicted octanol–water partition coefficient (Wildman–Crippen LogP) is 2.56. The quantitative estimate of drug-likeness (QED) is 0.589. The Morgan fingerprint density at radius 3 is 2.39 bits per heavy atom. The molecule has 0 spiro atoms. The number of nitrogens with one attached hydrogen (secondary N) is 1. The molecule has 1 aliphatic rings. The van der Waals surface area contributed by atoms with Crippen LogP contribution in [-0.4, -0.2) is 64.5 Å². The average Bonchev–Trinajstić information content (AvgIpc) is 2.51. The van der Waals surface area contributed by atoms with E-state index in [2.05, 4.69) is 21.6 Å². The number of rotatable bonds is 6. The number of benzene rings is 1. The van der Waals surface area contributed by atoms with E-state index in [0.717, 1.165) is 39.1 Å². The van der Waals surface area contributed by atoms with Crippen molar-refractivity contribution < 1.29 is 8.42 Å². The SMILES string of the molecule is CN1CCN(CCCNS(=O)(=O)c2ccc(Cl)c(Cl)c2Cl)CC1. The number of nitrogens with zero attached hydrogens (tertiary/aromatic N) is 2. The Bertz CT molecular complexity index is 647. The van der Waals surface area contributed by atoms with Gasteiger partial charge in [0.2, 0.25) is 10.0 Å². The minimum Gasteiger partial charge on any atom is -0.304 e. The van der Waals surface area contributed by atoms with Gasteiger partial charge in [-0.05, 0) is 32.1 Å². The summed E-state index contributed by atoms with van der Waals surface area (Å²) in [6, 6.07) is 2.79. The van der Waals surface area contributed by atoms with Crippen LogP contribution in [-0.2, 0) is 10.0 Å². The van der Waals surface area contributed by atoms with Gasteiger partial charge in [-0.15, -0.1) is 0 Å². The van der Waals surface area contributed by atoms with Gasteiger partial charge in [-0.3, -0.25) is 0 Å². The molecule has 0 bridgehead atoms. The predicted molar refractivity (Wildman–Crippen MR) is 95.2 cm³/mol. The molecular weight excluding hydrogens is 381 g/mol. The Kier molecular flexibility index (Phi) is 6.98. The van der Waals surface area contributed by atoms with Gasteiger partial charge < -0.3 is 9.80 Å². The first kappa shape index (κ1) is 19.2. The maximum atomic E-state index is 12.3. The van der Waals surface area contributed by atoms with Crippen molar-refractivity contribution in [3.05, 3.63) is 27.2 Å². The maximum absolute atomic E-state index is 12.3. The van der Waals surface area contributed by atoms with E-state index in [1.54, 1.807) is 0 Å². The normalized spacial score (nSPS) is 17.6. The van der Waals surface area contributed by atoms with Gasteiger partial charge in [0.1, 0.15) is 4.90 Å². The number of likely N-dealkylation sites (N-methyl/N-ethyl adjacent to an activating group) is 1. The molecule has 0 unspecified atom stereocenters. The van der Waals surface area contributed by atoms with Crippen LogP contribution in [0, 0.1) is 0 Å². The summed E-state index contributed by atoms with van der Waals surface area (Å²) in [7, 11) is -1.59. The average molecular weight is 401 g/mol. The lowest BCUT2D eigenvalue weighted by Gasteiger charge is -2.32. The topological polar surface area (TPSA) is 52.6 Å². The van der Waals surface area contributed by atoms with Crippen molar-refractivity contribution in [2.24, 2.45) is 0 Å². The van der Waals surface area contributed by atoms with Crippen molar-refractivity contribution in [3.63, 3.8) is 0 Å². The van der Waals surface area contributed by atoms with Crippen molar-refractivity contribution >= 4 is 44.8 Å². The molecule has 9 heteroatoms. The highest BCUT2D eigenvalue weighted by Gasteiger charge is 2.21. The summed E-state index contributed by atoms with van der Waals surface area (Å²) in [6.07, 6.45) is 0.738. The van der Waals surface area contributed by atoms with Crippen LogP contribution in [0.4, 0.5) is 0 Å². The number of hydrogen-bond donors (Lipinski definition) is 1. The van der Waals surface area contributed by atoms with E-state index in [1.807, 2.05) is 0 Å². The maximum Gasteiger partial charge on any atom is 0.242 e. The molecule has 0 aromatic heterocycles. The number of halogens is 3. The summed E-state index contributed by atoms with van der Waals surface area (Å²) < 4.78 is 27.1. The smallest absolute Gasteiger partial charge is 0.242 e. The third kappa shape index (κ3) is 5.19. The molecule has 1 aromatic rings. The molecule has 1 aliphatic heterocycles. The summed E-state index contributed by atoms with van der Waals surface area (Å²) in [5.41, 5.74) is 0. The van der Waals surface area contributed by atoms with Gasteiger partial charge in [0.05, 0.1) is 15.1 Å². The van der Waals surface area contributed by atoms with E-state index >= 15 is 0 Å². The van der Waals surface area contributed by atoms with Crippen molar-refractivity contribution in [2.45, 2.75) is 11.3 Å². The van der Waals surface area contributed by atoms with E-state index < -0.39 is 10.0 Å². The van der Waals surface area contributed by atoms with E-state index in [-0.39, 0.29) is 20.0 Å². The van der Waals surface area contributed by atoms with Gasteiger partial charge >= 0.3 is 0 Å². The molecule has 5 nitrogen and oxygen atoms in total. The molecule has 0 radical (unpaired) electrons. The molecule has 1 aromatic carbocycles. The zero-order chi connectivity index (χ0) is 17.0. The van der Waals surface area contributed by atoms with Crippen LogP contribution in [0.25, 0.3) is 0 Å². The van der Waals surface area contributed by atoms with Gasteiger partial charge in [0.15, 0.2) is 0 Å². The Balaban J connectivity index is 1.86. The first-order valence-electron chi connectivity index (χ1n) is 7.35. The summed E-state index contributed by atoms with van der Waals surface area (Å²) in [4.78, 5) is 4.57. The summed E-state index contributed by atoms with van der Waals surface area (Å²) in [6.45, 7) is 5.34. The molecule has 0 atom stereocenters. The fourth-order valence-electron chi connectivity index (χ4n) is 2.37. The number of piperazine rings is 1. The van der Waals surface area contributed by atoms with Crippen LogP contribution in [0.3, 0.4) is 0 Å². The van der Waals surface area contributed by atoms with Crippen LogP contribution in [0.5, 0.6) is 0 Å². The highest BCUT2D eigenvalue weighted by Crippen LogP contribution is 2.34. The molecule has 0 saturated carbocycles. The molecule has 0 aliphatic carbocycles. The molecular formula is C14H20Cl3N3O2S. The largest absolute Gasteiger partial charge is 0.304 e. The first-order chi connectivity index (χ1) is 10.8. The van der Waals surface area contributed by atoms with Crippen LogP contribution < -0.4 is 4.72 Å². The van der Waals surface area contributed by atoms with Gasteiger partial charge in [-0.2, -0.15) is 0 Å². The van der Waals surface area contributed by atoms with Gasteiger partial charge in [-0.1, -0.05) is 34.8 Å². The second-order valence-electron chi connectivity index (χ2n) is 5.57. The van der Waals surface area contributed by atoms with Gasteiger partial charge in [0, 0.05) is 32.7 Å². The lowest BCUT2D eigenvalue weighted by atomic mass is 10.3. The minimum atomic E-state index is -3.69. The van der Waals surface area contributed by atoms with Gasteiger partial charge in [-0.25, -0.2) is 13.1 Å². The Hall–Kier alpha value is -0.0800. The van der Waals surface area contributed by atoms with Gasteiger partial charge in [0.25, 0.3) is 0 Å². The first-order valence-corrected chi connectivity index (χ1v) is 9.97. The number of sulfonamides is 1. The number of hydrogen-bond acceptors (Lipinski definition) is 4. The Labute approximate surface area is 152 Å². The zero-order valence-electron chi connectivity index (χ0n) is 12.9. The second kappa shape index (κ2) is 8.34. The Morgan fingerprint density at radius 2 is 1.74 bits per heavy atom. The van der Waals surface area contributed by atoms with Crippen molar-refractivity contribution in [1.82, 2.24) is 14.5 Å². The summed E-state index contributed by atoms with van der Waals surface area (Å²) in [5, 5.41) is 0.227. The molecule has 23 heavy (non-hydrogen) atoms. The highest BCUT2D eigenvalue weighted by atomic mass is 35.5. The summed E-state index contributed by atoms with van der Waals surface area (Å²) in [5.74, 6) is 0. The van der Waals surface area contributed by atoms with E-state index in [9.17, 15) is 8.42 Å². The van der Waals surface area contributed by atoms with Crippen LogP contribution in [0.2, 0.25) is 15.1 Å². The molecule has 130 valence electrons. The molecule has 2 rings (SSSR count). The lowest BCUT2D eigenvalue weighted by Crippen LogP contribution is -2.45. The zero-order valence-corrected chi connectivity index (χ0v) is 15.9. The molecule has 0 amide bonds. The fraction of sp³-hybridized carbons (Fsp3) is 0.571. The van der Waals surface area contributed by atoms with Crippen LogP contribution >= 0.6 is 34.8 Å². The lowest BCUT2D eigenvalue weighted by molar-refractivity contribution is 0.153. The highest BCUT2D eigenvalue weighted by molar-refractivity contribution is 7.89. The minimum absolute atomic E-state index is 0.0480. The van der Waals surface area contributed by atoms with Crippen molar-refractivity contribution in [3.8, 4) is 0 Å². The molecule has 1 saturated heterocycles. The van der Waals surface area contributed by atoms with E-state index in [1.165, 1.54) is 12.1 Å². The second-order valence-corrected chi connectivity index (χ2v) is 8.47. The third-order valence-corrected chi connectivity index (χ3v) is 6.74. The van der Waals surface area contributed by atoms with Crippen LogP contribution in [0.1, 0.15) is 6.42 Å². The molecule has 1 N–H and O–H groups in total. The Morgan fingerprint density at radius 1 is 1.09 bits per heavy atom. The molecule has 1 heterocycles. The standard InChI is InChI=1S/C14H20Cl3N3O2S/c1-19-7-9-20(10-8-19)6-2-5-18-23(21,22)12-4-3-11(15)13(16)14(12)17/h3-4,18H,2,5-10H2,1H3. The summed E-state index contributed by atoms with van der Waals surface area (Å²) >= 11 is 17.7.